The number of aromatic nitrogens is 1. The van der Waals surface area contributed by atoms with Crippen molar-refractivity contribution < 1.29 is 18.3 Å². The van der Waals surface area contributed by atoms with Gasteiger partial charge >= 0.3 is 7.60 Å². The van der Waals surface area contributed by atoms with Gasteiger partial charge in [-0.2, -0.15) is 0 Å². The van der Waals surface area contributed by atoms with E-state index in [1.807, 2.05) is 30.3 Å². The predicted octanol–water partition coefficient (Wildman–Crippen LogP) is 4.85. The summed E-state index contributed by atoms with van der Waals surface area (Å²) in [7, 11) is -1.85. The number of methoxy groups -OCH3 is 1. The lowest BCUT2D eigenvalue weighted by Crippen LogP contribution is -1.99. The van der Waals surface area contributed by atoms with Crippen molar-refractivity contribution in [1.82, 2.24) is 4.98 Å². The third-order valence-electron chi connectivity index (χ3n) is 3.25. The van der Waals surface area contributed by atoms with Crippen molar-refractivity contribution in [2.24, 2.45) is 0 Å². The molecule has 1 aromatic carbocycles. The van der Waals surface area contributed by atoms with E-state index in [0.29, 0.717) is 10.9 Å². The summed E-state index contributed by atoms with van der Waals surface area (Å²) < 4.78 is 29.6. The third-order valence-corrected chi connectivity index (χ3v) is 5.42. The van der Waals surface area contributed by atoms with E-state index in [9.17, 15) is 4.57 Å². The van der Waals surface area contributed by atoms with Crippen LogP contribution < -0.4 is 4.74 Å². The average Bonchev–Trinajstić information content (AvgIpc) is 2.61. The molecule has 0 bridgehead atoms. The maximum atomic E-state index is 13.3. The molecule has 128 valence electrons. The summed E-state index contributed by atoms with van der Waals surface area (Å²) >= 11 is 0. The van der Waals surface area contributed by atoms with Gasteiger partial charge in [0.1, 0.15) is 5.75 Å². The quantitative estimate of drug-likeness (QED) is 0.639. The smallest absolute Gasteiger partial charge is 0.361 e. The minimum absolute atomic E-state index is 0.285. The van der Waals surface area contributed by atoms with Gasteiger partial charge < -0.3 is 13.8 Å². The van der Waals surface area contributed by atoms with Gasteiger partial charge in [-0.05, 0) is 43.7 Å². The highest BCUT2D eigenvalue weighted by molar-refractivity contribution is 7.65. The van der Waals surface area contributed by atoms with Crippen LogP contribution in [0.2, 0.25) is 0 Å². The summed E-state index contributed by atoms with van der Waals surface area (Å²) in [6.45, 7) is 4.15. The lowest BCUT2D eigenvalue weighted by molar-refractivity contribution is 0.231. The first-order valence-electron chi connectivity index (χ1n) is 7.78. The lowest BCUT2D eigenvalue weighted by Gasteiger charge is -2.20. The molecule has 5 nitrogen and oxygen atoms in total. The van der Waals surface area contributed by atoms with Crippen molar-refractivity contribution in [3.63, 3.8) is 0 Å². The van der Waals surface area contributed by atoms with Gasteiger partial charge in [0, 0.05) is 18.0 Å². The fourth-order valence-corrected chi connectivity index (χ4v) is 4.03. The summed E-state index contributed by atoms with van der Waals surface area (Å²) in [4.78, 5) is 4.12. The Morgan fingerprint density at radius 3 is 2.50 bits per heavy atom. The van der Waals surface area contributed by atoms with E-state index in [2.05, 4.69) is 4.98 Å². The Labute approximate surface area is 142 Å². The van der Waals surface area contributed by atoms with Crippen molar-refractivity contribution >= 4 is 19.0 Å². The fraction of sp³-hybridized carbons (Fsp3) is 0.278. The molecule has 0 saturated heterocycles. The van der Waals surface area contributed by atoms with Crippen molar-refractivity contribution in [3.05, 3.63) is 59.9 Å². The van der Waals surface area contributed by atoms with Crippen molar-refractivity contribution in [2.75, 3.05) is 20.3 Å². The van der Waals surface area contributed by atoms with Crippen molar-refractivity contribution in [2.45, 2.75) is 13.8 Å². The lowest BCUT2D eigenvalue weighted by atomic mass is 10.1. The molecule has 0 spiro atoms. The Balaban J connectivity index is 2.57. The van der Waals surface area contributed by atoms with E-state index >= 15 is 0 Å². The Hall–Kier alpha value is -1.94. The van der Waals surface area contributed by atoms with Gasteiger partial charge in [-0.3, -0.25) is 9.55 Å². The van der Waals surface area contributed by atoms with E-state index in [0.717, 1.165) is 11.3 Å². The summed E-state index contributed by atoms with van der Waals surface area (Å²) in [5.41, 5.74) is 1.54. The van der Waals surface area contributed by atoms with Gasteiger partial charge in [0.2, 0.25) is 0 Å². The van der Waals surface area contributed by atoms with Gasteiger partial charge in [0.15, 0.2) is 0 Å². The van der Waals surface area contributed by atoms with Gasteiger partial charge in [0.25, 0.3) is 0 Å². The van der Waals surface area contributed by atoms with Crippen LogP contribution >= 0.6 is 7.60 Å². The second-order valence-electron chi connectivity index (χ2n) is 4.88. The normalized spacial score (nSPS) is 12.2. The van der Waals surface area contributed by atoms with E-state index in [1.165, 1.54) is 0 Å². The van der Waals surface area contributed by atoms with Gasteiger partial charge in [-0.1, -0.05) is 18.2 Å². The zero-order valence-corrected chi connectivity index (χ0v) is 15.0. The maximum absolute atomic E-state index is 13.3. The summed E-state index contributed by atoms with van der Waals surface area (Å²) in [5.74, 6) is 0.719. The molecule has 0 aliphatic heterocycles. The van der Waals surface area contributed by atoms with Crippen LogP contribution in [0.4, 0.5) is 0 Å². The summed E-state index contributed by atoms with van der Waals surface area (Å²) in [5, 5.41) is 0.479. The van der Waals surface area contributed by atoms with Gasteiger partial charge in [-0.25, -0.2) is 0 Å². The number of pyridine rings is 1. The van der Waals surface area contributed by atoms with Gasteiger partial charge in [0.05, 0.1) is 25.6 Å². The van der Waals surface area contributed by atoms with Crippen LogP contribution in [-0.4, -0.2) is 25.3 Å². The second-order valence-corrected chi connectivity index (χ2v) is 6.87. The molecule has 0 aliphatic carbocycles. The first-order valence-corrected chi connectivity index (χ1v) is 9.33. The SMILES string of the molecule is CCOP(=O)(OCC)/C(=C/c1cccc(OC)c1)c1cccnc1. The highest BCUT2D eigenvalue weighted by atomic mass is 31.2. The van der Waals surface area contributed by atoms with Gasteiger partial charge in [-0.15, -0.1) is 0 Å². The van der Waals surface area contributed by atoms with E-state index in [-0.39, 0.29) is 13.2 Å². The monoisotopic (exact) mass is 347 g/mol. The largest absolute Gasteiger partial charge is 0.497 e. The predicted molar refractivity (Wildman–Crippen MR) is 96.0 cm³/mol. The number of hydrogen-bond acceptors (Lipinski definition) is 5. The average molecular weight is 347 g/mol. The molecule has 0 saturated carbocycles. The molecule has 2 aromatic rings. The van der Waals surface area contributed by atoms with Crippen LogP contribution in [0.25, 0.3) is 11.4 Å². The Morgan fingerprint density at radius 1 is 1.17 bits per heavy atom. The van der Waals surface area contributed by atoms with Crippen LogP contribution in [0, 0.1) is 0 Å². The Morgan fingerprint density at radius 2 is 1.92 bits per heavy atom. The van der Waals surface area contributed by atoms with Crippen LogP contribution in [0.3, 0.4) is 0 Å². The van der Waals surface area contributed by atoms with Crippen molar-refractivity contribution in [3.8, 4) is 5.75 Å². The van der Waals surface area contributed by atoms with E-state index < -0.39 is 7.60 Å². The Kier molecular flexibility index (Phi) is 6.73. The third kappa shape index (κ3) is 4.54. The molecule has 0 unspecified atom stereocenters. The minimum Gasteiger partial charge on any atom is -0.497 e. The van der Waals surface area contributed by atoms with E-state index in [4.69, 9.17) is 13.8 Å². The number of hydrogen-bond donors (Lipinski definition) is 0. The molecule has 1 aromatic heterocycles. The molecule has 0 radical (unpaired) electrons. The molecular weight excluding hydrogens is 325 g/mol. The molecule has 0 N–H and O–H groups in total. The Bertz CT molecular complexity index is 721. The minimum atomic E-state index is -3.46. The highest BCUT2D eigenvalue weighted by Crippen LogP contribution is 2.61. The highest BCUT2D eigenvalue weighted by Gasteiger charge is 2.31. The number of rotatable bonds is 8. The van der Waals surface area contributed by atoms with Crippen LogP contribution in [0.15, 0.2) is 48.8 Å². The molecule has 0 atom stereocenters. The topological polar surface area (TPSA) is 57.7 Å². The number of benzene rings is 1. The molecular formula is C18H22NO4P. The van der Waals surface area contributed by atoms with Crippen LogP contribution in [0.5, 0.6) is 5.75 Å². The summed E-state index contributed by atoms with van der Waals surface area (Å²) in [6.07, 6.45) is 5.11. The summed E-state index contributed by atoms with van der Waals surface area (Å²) in [6, 6.07) is 11.1. The van der Waals surface area contributed by atoms with E-state index in [1.54, 1.807) is 45.5 Å². The zero-order valence-electron chi connectivity index (χ0n) is 14.1. The van der Waals surface area contributed by atoms with Crippen LogP contribution in [-0.2, 0) is 13.6 Å². The standard InChI is InChI=1S/C18H22NO4P/c1-4-22-24(20,23-5-2)18(16-9-7-11-19-14-16)13-15-8-6-10-17(12-15)21-3/h6-14H,4-5H2,1-3H3/b18-13+. The number of nitrogens with zero attached hydrogens (tertiary/aromatic N) is 1. The second kappa shape index (κ2) is 8.78. The molecule has 0 amide bonds. The molecule has 0 fully saturated rings. The van der Waals surface area contributed by atoms with Crippen molar-refractivity contribution in [1.29, 1.82) is 0 Å². The molecule has 6 heteroatoms. The molecule has 24 heavy (non-hydrogen) atoms. The molecule has 1 heterocycles. The van der Waals surface area contributed by atoms with Crippen LogP contribution in [0.1, 0.15) is 25.0 Å². The molecule has 0 aliphatic rings. The zero-order chi connectivity index (χ0) is 17.4. The first-order chi connectivity index (χ1) is 11.6. The fourth-order valence-electron chi connectivity index (χ4n) is 2.24. The first kappa shape index (κ1) is 18.4. The maximum Gasteiger partial charge on any atom is 0.361 e. The number of ether oxygens (including phenoxy) is 1. The molecule has 2 rings (SSSR count).